The van der Waals surface area contributed by atoms with E-state index in [2.05, 4.69) is 6.58 Å². The average Bonchev–Trinajstić information content (AvgIpc) is 2.02. The van der Waals surface area contributed by atoms with Crippen LogP contribution in [0.4, 0.5) is 17.6 Å². The molecule has 0 bridgehead atoms. The molecule has 0 heterocycles. The molecule has 0 saturated heterocycles. The van der Waals surface area contributed by atoms with Gasteiger partial charge in [-0.3, -0.25) is 0 Å². The molecule has 14 heavy (non-hydrogen) atoms. The summed E-state index contributed by atoms with van der Waals surface area (Å²) in [5, 5.41) is 0. The zero-order chi connectivity index (χ0) is 10.8. The second-order valence-corrected chi connectivity index (χ2v) is 2.79. The van der Waals surface area contributed by atoms with E-state index in [1.54, 1.807) is 0 Å². The van der Waals surface area contributed by atoms with Gasteiger partial charge in [-0.25, -0.2) is 4.39 Å². The van der Waals surface area contributed by atoms with Crippen molar-refractivity contribution in [1.82, 2.24) is 0 Å². The highest BCUT2D eigenvalue weighted by Gasteiger charge is 2.32. The summed E-state index contributed by atoms with van der Waals surface area (Å²) in [6.45, 7) is 3.32. The molecule has 0 radical (unpaired) electrons. The van der Waals surface area contributed by atoms with Crippen molar-refractivity contribution in [2.45, 2.75) is 12.6 Å². The molecular formula is C10H8F4. The summed E-state index contributed by atoms with van der Waals surface area (Å²) < 4.78 is 49.7. The van der Waals surface area contributed by atoms with Crippen molar-refractivity contribution < 1.29 is 17.6 Å². The first-order valence-corrected chi connectivity index (χ1v) is 3.91. The van der Waals surface area contributed by atoms with Gasteiger partial charge in [0.2, 0.25) is 0 Å². The van der Waals surface area contributed by atoms with E-state index in [4.69, 9.17) is 0 Å². The van der Waals surface area contributed by atoms with Gasteiger partial charge in [-0.2, -0.15) is 13.2 Å². The summed E-state index contributed by atoms with van der Waals surface area (Å²) in [6.07, 6.45) is -3.12. The van der Waals surface area contributed by atoms with Gasteiger partial charge in [0, 0.05) is 0 Å². The van der Waals surface area contributed by atoms with E-state index < -0.39 is 17.6 Å². The van der Waals surface area contributed by atoms with Crippen molar-refractivity contribution in [3.63, 3.8) is 0 Å². The SMILES string of the molecule is C=CCc1cc(F)ccc1C(F)(F)F. The number of benzene rings is 1. The third-order valence-corrected chi connectivity index (χ3v) is 1.74. The van der Waals surface area contributed by atoms with Crippen LogP contribution in [0.15, 0.2) is 30.9 Å². The lowest BCUT2D eigenvalue weighted by atomic mass is 10.0. The maximum absolute atomic E-state index is 12.7. The third-order valence-electron chi connectivity index (χ3n) is 1.74. The van der Waals surface area contributed by atoms with E-state index >= 15 is 0 Å². The molecule has 76 valence electrons. The van der Waals surface area contributed by atoms with Gasteiger partial charge in [-0.1, -0.05) is 6.08 Å². The van der Waals surface area contributed by atoms with Crippen LogP contribution in [-0.4, -0.2) is 0 Å². The molecule has 0 unspecified atom stereocenters. The van der Waals surface area contributed by atoms with Crippen LogP contribution in [0.1, 0.15) is 11.1 Å². The van der Waals surface area contributed by atoms with Crippen LogP contribution in [0, 0.1) is 5.82 Å². The molecule has 0 amide bonds. The minimum Gasteiger partial charge on any atom is -0.207 e. The summed E-state index contributed by atoms with van der Waals surface area (Å²) in [5.41, 5.74) is -0.897. The van der Waals surface area contributed by atoms with E-state index in [-0.39, 0.29) is 12.0 Å². The third kappa shape index (κ3) is 2.34. The lowest BCUT2D eigenvalue weighted by Crippen LogP contribution is -2.09. The fraction of sp³-hybridized carbons (Fsp3) is 0.200. The van der Waals surface area contributed by atoms with E-state index in [1.807, 2.05) is 0 Å². The van der Waals surface area contributed by atoms with Crippen LogP contribution in [0.5, 0.6) is 0 Å². The van der Waals surface area contributed by atoms with Crippen LogP contribution in [0.25, 0.3) is 0 Å². The number of halogens is 4. The summed E-state index contributed by atoms with van der Waals surface area (Å²) in [7, 11) is 0. The summed E-state index contributed by atoms with van der Waals surface area (Å²) in [6, 6.07) is 2.42. The number of allylic oxidation sites excluding steroid dienone is 1. The molecule has 1 aromatic carbocycles. The fourth-order valence-corrected chi connectivity index (χ4v) is 1.16. The van der Waals surface area contributed by atoms with Crippen molar-refractivity contribution in [1.29, 1.82) is 0 Å². The minimum atomic E-state index is -4.44. The number of alkyl halides is 3. The van der Waals surface area contributed by atoms with Gasteiger partial charge in [0.25, 0.3) is 0 Å². The Morgan fingerprint density at radius 2 is 1.93 bits per heavy atom. The highest BCUT2D eigenvalue weighted by molar-refractivity contribution is 5.31. The first kappa shape index (κ1) is 10.8. The number of hydrogen-bond donors (Lipinski definition) is 0. The Hall–Kier alpha value is -1.32. The Morgan fingerprint density at radius 1 is 1.29 bits per heavy atom. The molecule has 0 aliphatic rings. The molecule has 0 saturated carbocycles. The molecule has 1 aromatic rings. The summed E-state index contributed by atoms with van der Waals surface area (Å²) in [4.78, 5) is 0. The molecule has 0 aliphatic heterocycles. The van der Waals surface area contributed by atoms with Gasteiger partial charge in [-0.15, -0.1) is 6.58 Å². The Balaban J connectivity index is 3.21. The largest absolute Gasteiger partial charge is 0.416 e. The molecule has 0 aromatic heterocycles. The predicted molar refractivity (Wildman–Crippen MR) is 45.3 cm³/mol. The van der Waals surface area contributed by atoms with Crippen molar-refractivity contribution >= 4 is 0 Å². The molecular weight excluding hydrogens is 196 g/mol. The molecule has 0 nitrogen and oxygen atoms in total. The van der Waals surface area contributed by atoms with Gasteiger partial charge >= 0.3 is 6.18 Å². The predicted octanol–water partition coefficient (Wildman–Crippen LogP) is 3.57. The smallest absolute Gasteiger partial charge is 0.207 e. The minimum absolute atomic E-state index is 0.00655. The highest BCUT2D eigenvalue weighted by atomic mass is 19.4. The Labute approximate surface area is 78.9 Å². The molecule has 0 fully saturated rings. The lowest BCUT2D eigenvalue weighted by Gasteiger charge is -2.11. The zero-order valence-electron chi connectivity index (χ0n) is 7.24. The quantitative estimate of drug-likeness (QED) is 0.510. The van der Waals surface area contributed by atoms with Crippen molar-refractivity contribution in [2.75, 3.05) is 0 Å². The van der Waals surface area contributed by atoms with Crippen LogP contribution in [0.2, 0.25) is 0 Å². The van der Waals surface area contributed by atoms with Gasteiger partial charge < -0.3 is 0 Å². The van der Waals surface area contributed by atoms with Crippen molar-refractivity contribution in [2.24, 2.45) is 0 Å². The monoisotopic (exact) mass is 204 g/mol. The fourth-order valence-electron chi connectivity index (χ4n) is 1.16. The van der Waals surface area contributed by atoms with Crippen molar-refractivity contribution in [3.05, 3.63) is 47.8 Å². The first-order valence-electron chi connectivity index (χ1n) is 3.91. The van der Waals surface area contributed by atoms with E-state index in [0.717, 1.165) is 18.2 Å². The van der Waals surface area contributed by atoms with Gasteiger partial charge in [0.1, 0.15) is 5.82 Å². The van der Waals surface area contributed by atoms with Crippen LogP contribution in [-0.2, 0) is 12.6 Å². The lowest BCUT2D eigenvalue weighted by molar-refractivity contribution is -0.138. The van der Waals surface area contributed by atoms with Gasteiger partial charge in [-0.05, 0) is 30.2 Å². The maximum Gasteiger partial charge on any atom is 0.416 e. The Morgan fingerprint density at radius 3 is 2.43 bits per heavy atom. The van der Waals surface area contributed by atoms with Crippen LogP contribution < -0.4 is 0 Å². The maximum atomic E-state index is 12.7. The standard InChI is InChI=1S/C10H8F4/c1-2-3-7-6-8(11)4-5-9(7)10(12,13)14/h2,4-6H,1,3H2. The Bertz CT molecular complexity index is 338. The summed E-state index contributed by atoms with van der Waals surface area (Å²) in [5.74, 6) is -0.671. The van der Waals surface area contributed by atoms with E-state index in [9.17, 15) is 17.6 Å². The normalized spacial score (nSPS) is 11.4. The summed E-state index contributed by atoms with van der Waals surface area (Å²) >= 11 is 0. The van der Waals surface area contributed by atoms with Crippen LogP contribution in [0.3, 0.4) is 0 Å². The number of hydrogen-bond acceptors (Lipinski definition) is 0. The Kier molecular flexibility index (Phi) is 2.93. The van der Waals surface area contributed by atoms with Gasteiger partial charge in [0.05, 0.1) is 5.56 Å². The van der Waals surface area contributed by atoms with E-state index in [1.165, 1.54) is 6.08 Å². The number of rotatable bonds is 2. The van der Waals surface area contributed by atoms with Crippen molar-refractivity contribution in [3.8, 4) is 0 Å². The molecule has 0 spiro atoms. The highest BCUT2D eigenvalue weighted by Crippen LogP contribution is 2.32. The van der Waals surface area contributed by atoms with E-state index in [0.29, 0.717) is 0 Å². The average molecular weight is 204 g/mol. The molecule has 0 N–H and O–H groups in total. The first-order chi connectivity index (χ1) is 6.45. The second kappa shape index (κ2) is 3.82. The van der Waals surface area contributed by atoms with Crippen LogP contribution >= 0.6 is 0 Å². The van der Waals surface area contributed by atoms with Gasteiger partial charge in [0.15, 0.2) is 0 Å². The zero-order valence-corrected chi connectivity index (χ0v) is 7.24. The topological polar surface area (TPSA) is 0 Å². The molecule has 0 atom stereocenters. The molecule has 1 rings (SSSR count). The molecule has 0 aliphatic carbocycles. The molecule has 4 heteroatoms. The second-order valence-electron chi connectivity index (χ2n) is 2.79.